The number of aryl methyl sites for hydroxylation is 4. The van der Waals surface area contributed by atoms with Crippen LogP contribution in [0.3, 0.4) is 0 Å². The van der Waals surface area contributed by atoms with E-state index in [2.05, 4.69) is 56.2 Å². The summed E-state index contributed by atoms with van der Waals surface area (Å²) in [5, 5.41) is 4.62. The van der Waals surface area contributed by atoms with E-state index in [-0.39, 0.29) is 0 Å². The quantitative estimate of drug-likeness (QED) is 0.915. The number of likely N-dealkylation sites (N-methyl/N-ethyl adjacent to an activating group) is 1. The van der Waals surface area contributed by atoms with E-state index < -0.39 is 0 Å². The molecule has 3 heteroatoms. The van der Waals surface area contributed by atoms with Crippen molar-refractivity contribution in [3.05, 3.63) is 50.5 Å². The van der Waals surface area contributed by atoms with Gasteiger partial charge in [0.15, 0.2) is 0 Å². The van der Waals surface area contributed by atoms with Crippen LogP contribution < -0.4 is 5.32 Å². The number of hydrogen-bond donors (Lipinski definition) is 1. The van der Waals surface area contributed by atoms with Gasteiger partial charge in [-0.25, -0.2) is 4.98 Å². The molecule has 1 N–H and O–H groups in total. The van der Waals surface area contributed by atoms with Crippen molar-refractivity contribution in [1.82, 2.24) is 10.3 Å². The molecule has 2 nitrogen and oxygen atoms in total. The maximum absolute atomic E-state index is 4.64. The van der Waals surface area contributed by atoms with Gasteiger partial charge >= 0.3 is 0 Å². The molecule has 1 heterocycles. The lowest BCUT2D eigenvalue weighted by Gasteiger charge is -2.16. The molecule has 0 spiro atoms. The Morgan fingerprint density at radius 1 is 1.16 bits per heavy atom. The first-order valence-electron chi connectivity index (χ1n) is 6.68. The van der Waals surface area contributed by atoms with Crippen LogP contribution in [-0.4, -0.2) is 12.0 Å². The monoisotopic (exact) mass is 274 g/mol. The number of nitrogens with one attached hydrogen (secondary N) is 1. The Hall–Kier alpha value is -1.19. The van der Waals surface area contributed by atoms with Gasteiger partial charge in [0.25, 0.3) is 0 Å². The number of rotatable bonds is 4. The Kier molecular flexibility index (Phi) is 4.38. The topological polar surface area (TPSA) is 24.9 Å². The third kappa shape index (κ3) is 3.23. The summed E-state index contributed by atoms with van der Waals surface area (Å²) < 4.78 is 0. The van der Waals surface area contributed by atoms with Crippen molar-refractivity contribution in [3.8, 4) is 0 Å². The molecule has 0 aliphatic rings. The van der Waals surface area contributed by atoms with Crippen LogP contribution in [0.2, 0.25) is 0 Å². The van der Waals surface area contributed by atoms with E-state index in [1.165, 1.54) is 26.6 Å². The van der Waals surface area contributed by atoms with Crippen LogP contribution in [0.1, 0.15) is 38.3 Å². The summed E-state index contributed by atoms with van der Waals surface area (Å²) in [4.78, 5) is 5.97. The lowest BCUT2D eigenvalue weighted by molar-refractivity contribution is 0.589. The fourth-order valence-corrected chi connectivity index (χ4v) is 3.15. The lowest BCUT2D eigenvalue weighted by Crippen LogP contribution is -2.19. The fraction of sp³-hybridized carbons (Fsp3) is 0.438. The normalized spacial score (nSPS) is 12.7. The standard InChI is InChI=1S/C16H22N2S/c1-10-6-7-14(8-11(10)2)15(17-5)9-16-18-12(3)13(4)19-16/h6-8,15,17H,9H2,1-5H3. The highest BCUT2D eigenvalue weighted by atomic mass is 32.1. The molecule has 0 fully saturated rings. The average Bonchev–Trinajstić information content (AvgIpc) is 2.69. The molecular weight excluding hydrogens is 252 g/mol. The van der Waals surface area contributed by atoms with Crippen LogP contribution >= 0.6 is 11.3 Å². The fourth-order valence-electron chi connectivity index (χ4n) is 2.17. The minimum atomic E-state index is 0.337. The van der Waals surface area contributed by atoms with Crippen molar-refractivity contribution in [2.24, 2.45) is 0 Å². The first-order chi connectivity index (χ1) is 9.01. The van der Waals surface area contributed by atoms with E-state index in [1.807, 2.05) is 18.4 Å². The molecule has 2 rings (SSSR count). The predicted octanol–water partition coefficient (Wildman–Crippen LogP) is 3.88. The Bertz CT molecular complexity index is 553. The van der Waals surface area contributed by atoms with Crippen LogP contribution in [-0.2, 0) is 6.42 Å². The molecular formula is C16H22N2S. The number of nitrogens with zero attached hydrogens (tertiary/aromatic N) is 1. The van der Waals surface area contributed by atoms with Crippen molar-refractivity contribution in [2.45, 2.75) is 40.2 Å². The smallest absolute Gasteiger partial charge is 0.0949 e. The average molecular weight is 274 g/mol. The molecule has 2 aromatic rings. The Morgan fingerprint density at radius 2 is 1.89 bits per heavy atom. The summed E-state index contributed by atoms with van der Waals surface area (Å²) in [7, 11) is 2.02. The van der Waals surface area contributed by atoms with Gasteiger partial charge in [0.05, 0.1) is 10.7 Å². The third-order valence-corrected chi connectivity index (χ3v) is 4.83. The summed E-state index contributed by atoms with van der Waals surface area (Å²) in [5.41, 5.74) is 5.20. The van der Waals surface area contributed by atoms with Crippen molar-refractivity contribution < 1.29 is 0 Å². The molecule has 1 atom stereocenters. The highest BCUT2D eigenvalue weighted by Gasteiger charge is 2.14. The van der Waals surface area contributed by atoms with Gasteiger partial charge < -0.3 is 5.32 Å². The van der Waals surface area contributed by atoms with Crippen molar-refractivity contribution in [1.29, 1.82) is 0 Å². The third-order valence-electron chi connectivity index (χ3n) is 3.73. The van der Waals surface area contributed by atoms with Gasteiger partial charge in [-0.15, -0.1) is 11.3 Å². The Morgan fingerprint density at radius 3 is 2.42 bits per heavy atom. The molecule has 1 aromatic heterocycles. The van der Waals surface area contributed by atoms with Crippen LogP contribution in [0.5, 0.6) is 0 Å². The van der Waals surface area contributed by atoms with Gasteiger partial charge in [-0.05, 0) is 51.4 Å². The highest BCUT2D eigenvalue weighted by molar-refractivity contribution is 7.11. The molecule has 102 valence electrons. The molecule has 0 saturated heterocycles. The zero-order valence-corrected chi connectivity index (χ0v) is 13.2. The van der Waals surface area contributed by atoms with E-state index in [0.29, 0.717) is 6.04 Å². The van der Waals surface area contributed by atoms with Gasteiger partial charge in [0, 0.05) is 17.3 Å². The number of thiazole rings is 1. The highest BCUT2D eigenvalue weighted by Crippen LogP contribution is 2.24. The molecule has 0 aliphatic carbocycles. The summed E-state index contributed by atoms with van der Waals surface area (Å²) >= 11 is 1.81. The van der Waals surface area contributed by atoms with E-state index in [9.17, 15) is 0 Å². The number of aromatic nitrogens is 1. The number of hydrogen-bond acceptors (Lipinski definition) is 3. The van der Waals surface area contributed by atoms with Gasteiger partial charge in [-0.1, -0.05) is 18.2 Å². The van der Waals surface area contributed by atoms with Crippen LogP contribution in [0.25, 0.3) is 0 Å². The van der Waals surface area contributed by atoms with Crippen LogP contribution in [0.4, 0.5) is 0 Å². The Balaban J connectivity index is 2.22. The first-order valence-corrected chi connectivity index (χ1v) is 7.50. The molecule has 1 unspecified atom stereocenters. The van der Waals surface area contributed by atoms with E-state index in [1.54, 1.807) is 0 Å². The second-order valence-electron chi connectivity index (χ2n) is 5.14. The number of benzene rings is 1. The molecule has 0 radical (unpaired) electrons. The molecule has 0 aliphatic heterocycles. The predicted molar refractivity (Wildman–Crippen MR) is 83.0 cm³/mol. The van der Waals surface area contributed by atoms with Crippen molar-refractivity contribution in [3.63, 3.8) is 0 Å². The van der Waals surface area contributed by atoms with Crippen molar-refractivity contribution >= 4 is 11.3 Å². The van der Waals surface area contributed by atoms with Crippen molar-refractivity contribution in [2.75, 3.05) is 7.05 Å². The van der Waals surface area contributed by atoms with Gasteiger partial charge in [0.1, 0.15) is 0 Å². The minimum Gasteiger partial charge on any atom is -0.313 e. The summed E-state index contributed by atoms with van der Waals surface area (Å²) in [6.45, 7) is 8.55. The minimum absolute atomic E-state index is 0.337. The molecule has 0 saturated carbocycles. The maximum atomic E-state index is 4.64. The lowest BCUT2D eigenvalue weighted by atomic mass is 9.99. The van der Waals surface area contributed by atoms with E-state index in [0.717, 1.165) is 12.1 Å². The SMILES string of the molecule is CNC(Cc1nc(C)c(C)s1)c1ccc(C)c(C)c1. The van der Waals surface area contributed by atoms with Gasteiger partial charge in [-0.3, -0.25) is 0 Å². The van der Waals surface area contributed by atoms with Crippen LogP contribution in [0, 0.1) is 27.7 Å². The summed E-state index contributed by atoms with van der Waals surface area (Å²) in [5.74, 6) is 0. The van der Waals surface area contributed by atoms with E-state index in [4.69, 9.17) is 0 Å². The second kappa shape index (κ2) is 5.85. The van der Waals surface area contributed by atoms with Gasteiger partial charge in [0.2, 0.25) is 0 Å². The first kappa shape index (κ1) is 14.2. The molecule has 1 aromatic carbocycles. The zero-order valence-electron chi connectivity index (χ0n) is 12.4. The van der Waals surface area contributed by atoms with Crippen LogP contribution in [0.15, 0.2) is 18.2 Å². The summed E-state index contributed by atoms with van der Waals surface area (Å²) in [6.07, 6.45) is 0.957. The maximum Gasteiger partial charge on any atom is 0.0949 e. The molecule has 19 heavy (non-hydrogen) atoms. The molecule has 0 amide bonds. The van der Waals surface area contributed by atoms with Gasteiger partial charge in [-0.2, -0.15) is 0 Å². The summed E-state index contributed by atoms with van der Waals surface area (Å²) in [6, 6.07) is 7.04. The molecule has 0 bridgehead atoms. The largest absolute Gasteiger partial charge is 0.313 e. The zero-order chi connectivity index (χ0) is 14.0. The Labute approximate surface area is 119 Å². The second-order valence-corrected chi connectivity index (χ2v) is 6.43. The van der Waals surface area contributed by atoms with E-state index >= 15 is 0 Å².